The van der Waals surface area contributed by atoms with Crippen molar-refractivity contribution in [3.63, 3.8) is 0 Å². The molecule has 0 radical (unpaired) electrons. The van der Waals surface area contributed by atoms with Crippen molar-refractivity contribution in [3.8, 4) is 0 Å². The predicted octanol–water partition coefficient (Wildman–Crippen LogP) is 2.16. The van der Waals surface area contributed by atoms with Gasteiger partial charge in [-0.3, -0.25) is 4.79 Å². The van der Waals surface area contributed by atoms with Crippen LogP contribution in [0.1, 0.15) is 26.3 Å². The number of hydrogen-bond donors (Lipinski definition) is 1. The van der Waals surface area contributed by atoms with Gasteiger partial charge in [0.15, 0.2) is 0 Å². The molecule has 1 atom stereocenters. The van der Waals surface area contributed by atoms with Crippen molar-refractivity contribution in [2.45, 2.75) is 33.4 Å². The second kappa shape index (κ2) is 5.48. The van der Waals surface area contributed by atoms with Gasteiger partial charge in [-0.25, -0.2) is 4.39 Å². The summed E-state index contributed by atoms with van der Waals surface area (Å²) in [6, 6.07) is 5.84. The Labute approximate surface area is 108 Å². The molecule has 0 unspecified atom stereocenters. The summed E-state index contributed by atoms with van der Waals surface area (Å²) in [5, 5.41) is 0. The van der Waals surface area contributed by atoms with Gasteiger partial charge in [-0.1, -0.05) is 39.0 Å². The van der Waals surface area contributed by atoms with Crippen LogP contribution in [0.15, 0.2) is 24.3 Å². The fourth-order valence-electron chi connectivity index (χ4n) is 1.57. The van der Waals surface area contributed by atoms with E-state index in [0.717, 1.165) is 0 Å². The lowest BCUT2D eigenvalue weighted by Gasteiger charge is -2.30. The average molecular weight is 252 g/mol. The van der Waals surface area contributed by atoms with Gasteiger partial charge >= 0.3 is 0 Å². The molecule has 0 aliphatic carbocycles. The molecule has 1 amide bonds. The third-order valence-corrected chi connectivity index (χ3v) is 2.94. The molecular weight excluding hydrogens is 231 g/mol. The predicted molar refractivity (Wildman–Crippen MR) is 70.3 cm³/mol. The zero-order valence-electron chi connectivity index (χ0n) is 11.4. The minimum atomic E-state index is -0.589. The van der Waals surface area contributed by atoms with Crippen LogP contribution in [0.2, 0.25) is 0 Å². The molecule has 0 aliphatic heterocycles. The summed E-state index contributed by atoms with van der Waals surface area (Å²) in [6.07, 6.45) is 0. The van der Waals surface area contributed by atoms with Crippen molar-refractivity contribution in [3.05, 3.63) is 35.6 Å². The van der Waals surface area contributed by atoms with E-state index in [-0.39, 0.29) is 23.7 Å². The molecule has 1 aromatic rings. The molecule has 0 saturated carbocycles. The van der Waals surface area contributed by atoms with Gasteiger partial charge in [0.2, 0.25) is 5.91 Å². The second-order valence-electron chi connectivity index (χ2n) is 5.63. The van der Waals surface area contributed by atoms with E-state index >= 15 is 0 Å². The Morgan fingerprint density at radius 3 is 2.44 bits per heavy atom. The first kappa shape index (κ1) is 14.6. The first-order valence-electron chi connectivity index (χ1n) is 5.97. The van der Waals surface area contributed by atoms with E-state index in [4.69, 9.17) is 5.73 Å². The number of carbonyl (C=O) groups is 1. The molecule has 0 saturated heterocycles. The molecule has 100 valence electrons. The standard InChI is InChI=1S/C14H21FN2O/c1-14(2,3)12(16)13(18)17(4)9-10-7-5-6-8-11(10)15/h5-8,12H,9,16H2,1-4H3/t12-/m1/s1. The summed E-state index contributed by atoms with van der Waals surface area (Å²) in [6.45, 7) is 5.96. The third kappa shape index (κ3) is 3.53. The second-order valence-corrected chi connectivity index (χ2v) is 5.63. The van der Waals surface area contributed by atoms with Crippen LogP contribution >= 0.6 is 0 Å². The number of halogens is 1. The third-order valence-electron chi connectivity index (χ3n) is 2.94. The van der Waals surface area contributed by atoms with E-state index in [1.165, 1.54) is 11.0 Å². The molecule has 2 N–H and O–H groups in total. The number of nitrogens with zero attached hydrogens (tertiary/aromatic N) is 1. The van der Waals surface area contributed by atoms with Crippen molar-refractivity contribution in [2.24, 2.45) is 11.1 Å². The Balaban J connectivity index is 2.75. The summed E-state index contributed by atoms with van der Waals surface area (Å²) < 4.78 is 13.5. The van der Waals surface area contributed by atoms with Crippen LogP contribution in [-0.4, -0.2) is 23.9 Å². The van der Waals surface area contributed by atoms with E-state index in [2.05, 4.69) is 0 Å². The van der Waals surface area contributed by atoms with Crippen molar-refractivity contribution in [2.75, 3.05) is 7.05 Å². The van der Waals surface area contributed by atoms with Crippen molar-refractivity contribution >= 4 is 5.91 Å². The van der Waals surface area contributed by atoms with Crippen molar-refractivity contribution in [1.29, 1.82) is 0 Å². The first-order valence-corrected chi connectivity index (χ1v) is 5.97. The van der Waals surface area contributed by atoms with Gasteiger partial charge in [0.1, 0.15) is 5.82 Å². The highest BCUT2D eigenvalue weighted by Gasteiger charge is 2.29. The lowest BCUT2D eigenvalue weighted by Crippen LogP contribution is -2.48. The Bertz CT molecular complexity index is 426. The Morgan fingerprint density at radius 1 is 1.39 bits per heavy atom. The molecule has 0 fully saturated rings. The number of amides is 1. The first-order chi connectivity index (χ1) is 8.23. The highest BCUT2D eigenvalue weighted by atomic mass is 19.1. The monoisotopic (exact) mass is 252 g/mol. The van der Waals surface area contributed by atoms with Gasteiger partial charge in [0.25, 0.3) is 0 Å². The van der Waals surface area contributed by atoms with Gasteiger partial charge in [0.05, 0.1) is 6.04 Å². The highest BCUT2D eigenvalue weighted by Crippen LogP contribution is 2.19. The fourth-order valence-corrected chi connectivity index (χ4v) is 1.57. The van der Waals surface area contributed by atoms with E-state index in [1.54, 1.807) is 25.2 Å². The fraction of sp³-hybridized carbons (Fsp3) is 0.500. The Morgan fingerprint density at radius 2 is 1.94 bits per heavy atom. The number of benzene rings is 1. The van der Waals surface area contributed by atoms with Crippen LogP contribution in [0.5, 0.6) is 0 Å². The number of likely N-dealkylation sites (N-methyl/N-ethyl adjacent to an activating group) is 1. The lowest BCUT2D eigenvalue weighted by atomic mass is 9.86. The van der Waals surface area contributed by atoms with Crippen LogP contribution in [-0.2, 0) is 11.3 Å². The molecule has 0 aliphatic rings. The van der Waals surface area contributed by atoms with Crippen molar-refractivity contribution in [1.82, 2.24) is 4.90 Å². The van der Waals surface area contributed by atoms with Gasteiger partial charge in [0, 0.05) is 19.2 Å². The summed E-state index contributed by atoms with van der Waals surface area (Å²) in [7, 11) is 1.64. The highest BCUT2D eigenvalue weighted by molar-refractivity contribution is 5.82. The van der Waals surface area contributed by atoms with Crippen LogP contribution in [0, 0.1) is 11.2 Å². The number of hydrogen-bond acceptors (Lipinski definition) is 2. The Hall–Kier alpha value is -1.42. The smallest absolute Gasteiger partial charge is 0.240 e. The molecular formula is C14H21FN2O. The minimum absolute atomic E-state index is 0.175. The number of nitrogens with two attached hydrogens (primary N) is 1. The molecule has 4 heteroatoms. The molecule has 3 nitrogen and oxygen atoms in total. The molecule has 0 bridgehead atoms. The number of carbonyl (C=O) groups excluding carboxylic acids is 1. The molecule has 1 rings (SSSR count). The van der Waals surface area contributed by atoms with E-state index in [1.807, 2.05) is 20.8 Å². The Kier molecular flexibility index (Phi) is 4.46. The van der Waals surface area contributed by atoms with Crippen LogP contribution < -0.4 is 5.73 Å². The molecule has 0 aromatic heterocycles. The molecule has 18 heavy (non-hydrogen) atoms. The average Bonchev–Trinajstić information content (AvgIpc) is 2.29. The lowest BCUT2D eigenvalue weighted by molar-refractivity contribution is -0.134. The molecule has 1 aromatic carbocycles. The molecule has 0 heterocycles. The number of rotatable bonds is 3. The normalized spacial score (nSPS) is 13.2. The van der Waals surface area contributed by atoms with Crippen LogP contribution in [0.25, 0.3) is 0 Å². The zero-order chi connectivity index (χ0) is 13.9. The SMILES string of the molecule is CN(Cc1ccccc1F)C(=O)[C@@H](N)C(C)(C)C. The van der Waals surface area contributed by atoms with E-state index in [0.29, 0.717) is 5.56 Å². The maximum atomic E-state index is 13.5. The van der Waals surface area contributed by atoms with Gasteiger partial charge in [-0.15, -0.1) is 0 Å². The maximum absolute atomic E-state index is 13.5. The minimum Gasteiger partial charge on any atom is -0.340 e. The van der Waals surface area contributed by atoms with E-state index < -0.39 is 6.04 Å². The largest absolute Gasteiger partial charge is 0.340 e. The zero-order valence-corrected chi connectivity index (χ0v) is 11.4. The van der Waals surface area contributed by atoms with Gasteiger partial charge < -0.3 is 10.6 Å². The van der Waals surface area contributed by atoms with E-state index in [9.17, 15) is 9.18 Å². The van der Waals surface area contributed by atoms with Gasteiger partial charge in [-0.05, 0) is 11.5 Å². The summed E-state index contributed by atoms with van der Waals surface area (Å²) in [5.41, 5.74) is 6.09. The maximum Gasteiger partial charge on any atom is 0.240 e. The van der Waals surface area contributed by atoms with Gasteiger partial charge in [-0.2, -0.15) is 0 Å². The summed E-state index contributed by atoms with van der Waals surface area (Å²) in [5.74, 6) is -0.479. The summed E-state index contributed by atoms with van der Waals surface area (Å²) in [4.78, 5) is 13.6. The van der Waals surface area contributed by atoms with Crippen molar-refractivity contribution < 1.29 is 9.18 Å². The summed E-state index contributed by atoms with van der Waals surface area (Å²) >= 11 is 0. The van der Waals surface area contributed by atoms with Crippen LogP contribution in [0.3, 0.4) is 0 Å². The quantitative estimate of drug-likeness (QED) is 0.896. The topological polar surface area (TPSA) is 46.3 Å². The van der Waals surface area contributed by atoms with Crippen LogP contribution in [0.4, 0.5) is 4.39 Å². The molecule has 0 spiro atoms.